The summed E-state index contributed by atoms with van der Waals surface area (Å²) in [7, 11) is 0. The molecular formula is C14H23N3. The van der Waals surface area contributed by atoms with Crippen LogP contribution in [0.2, 0.25) is 0 Å². The van der Waals surface area contributed by atoms with Crippen molar-refractivity contribution in [2.45, 2.75) is 45.7 Å². The van der Waals surface area contributed by atoms with Crippen LogP contribution in [0.25, 0.3) is 0 Å². The molecule has 2 heterocycles. The van der Waals surface area contributed by atoms with E-state index in [9.17, 15) is 0 Å². The van der Waals surface area contributed by atoms with Gasteiger partial charge in [-0.25, -0.2) is 0 Å². The van der Waals surface area contributed by atoms with Crippen molar-refractivity contribution in [1.82, 2.24) is 14.7 Å². The van der Waals surface area contributed by atoms with Crippen LogP contribution in [0.1, 0.15) is 45.7 Å². The number of hydrogen-bond donors (Lipinski definition) is 0. The second-order valence-electron chi connectivity index (χ2n) is 6.77. The lowest BCUT2D eigenvalue weighted by molar-refractivity contribution is 0.236. The number of nitrogens with zero attached hydrogens (tertiary/aromatic N) is 3. The first-order chi connectivity index (χ1) is 7.95. The van der Waals surface area contributed by atoms with E-state index in [1.54, 1.807) is 0 Å². The van der Waals surface area contributed by atoms with E-state index in [-0.39, 0.29) is 5.54 Å². The first-order valence-corrected chi connectivity index (χ1v) is 6.74. The highest BCUT2D eigenvalue weighted by Crippen LogP contribution is 2.47. The molecule has 2 fully saturated rings. The molecule has 1 aromatic rings. The molecule has 1 aliphatic heterocycles. The third-order valence-corrected chi connectivity index (χ3v) is 4.33. The van der Waals surface area contributed by atoms with E-state index >= 15 is 0 Å². The molecule has 1 saturated carbocycles. The fourth-order valence-electron chi connectivity index (χ4n) is 2.88. The molecule has 1 aromatic heterocycles. The molecule has 0 aromatic carbocycles. The number of fused-ring (bicyclic) bond motifs is 1. The van der Waals surface area contributed by atoms with Gasteiger partial charge in [-0.2, -0.15) is 5.10 Å². The van der Waals surface area contributed by atoms with Crippen molar-refractivity contribution in [1.29, 1.82) is 0 Å². The largest absolute Gasteiger partial charge is 0.296 e. The lowest BCUT2D eigenvalue weighted by Gasteiger charge is -2.25. The Kier molecular flexibility index (Phi) is 2.37. The molecule has 3 unspecified atom stereocenters. The molecule has 1 aliphatic carbocycles. The molecule has 3 nitrogen and oxygen atoms in total. The summed E-state index contributed by atoms with van der Waals surface area (Å²) in [6, 6.07) is 0.527. The quantitative estimate of drug-likeness (QED) is 0.783. The highest BCUT2D eigenvalue weighted by molar-refractivity contribution is 5.13. The van der Waals surface area contributed by atoms with Gasteiger partial charge in [-0.05, 0) is 46.0 Å². The molecule has 0 bridgehead atoms. The Hall–Kier alpha value is -0.830. The van der Waals surface area contributed by atoms with Gasteiger partial charge in [0.05, 0.1) is 11.7 Å². The van der Waals surface area contributed by atoms with Gasteiger partial charge in [0, 0.05) is 30.9 Å². The molecule has 0 spiro atoms. The SMILES string of the molecule is CC(c1cnn(C(C)(C)C)c1)N1CC2CC2C1. The van der Waals surface area contributed by atoms with Gasteiger partial charge in [-0.1, -0.05) is 0 Å². The fraction of sp³-hybridized carbons (Fsp3) is 0.786. The second kappa shape index (κ2) is 3.58. The van der Waals surface area contributed by atoms with Crippen molar-refractivity contribution in [2.24, 2.45) is 11.8 Å². The summed E-state index contributed by atoms with van der Waals surface area (Å²) >= 11 is 0. The Morgan fingerprint density at radius 2 is 1.94 bits per heavy atom. The highest BCUT2D eigenvalue weighted by Gasteiger charge is 2.46. The predicted octanol–water partition coefficient (Wildman–Crippen LogP) is 2.65. The van der Waals surface area contributed by atoms with Gasteiger partial charge in [0.2, 0.25) is 0 Å². The Balaban J connectivity index is 1.73. The molecule has 3 atom stereocenters. The van der Waals surface area contributed by atoms with Gasteiger partial charge < -0.3 is 0 Å². The van der Waals surface area contributed by atoms with E-state index in [2.05, 4.69) is 48.6 Å². The lowest BCUT2D eigenvalue weighted by Crippen LogP contribution is -2.26. The van der Waals surface area contributed by atoms with Gasteiger partial charge in [0.15, 0.2) is 0 Å². The van der Waals surface area contributed by atoms with E-state index in [0.29, 0.717) is 6.04 Å². The summed E-state index contributed by atoms with van der Waals surface area (Å²) in [6.45, 7) is 11.5. The normalized spacial score (nSPS) is 30.4. The molecular weight excluding hydrogens is 210 g/mol. The number of piperidine rings is 1. The Labute approximate surface area is 104 Å². The topological polar surface area (TPSA) is 21.1 Å². The van der Waals surface area contributed by atoms with Crippen molar-refractivity contribution in [2.75, 3.05) is 13.1 Å². The first-order valence-electron chi connectivity index (χ1n) is 6.74. The number of likely N-dealkylation sites (tertiary alicyclic amines) is 1. The van der Waals surface area contributed by atoms with E-state index in [1.807, 2.05) is 6.20 Å². The summed E-state index contributed by atoms with van der Waals surface area (Å²) < 4.78 is 2.08. The average molecular weight is 233 g/mol. The molecule has 3 heteroatoms. The third kappa shape index (κ3) is 2.01. The molecule has 3 rings (SSSR count). The van der Waals surface area contributed by atoms with Crippen molar-refractivity contribution >= 4 is 0 Å². The van der Waals surface area contributed by atoms with Crippen LogP contribution in [-0.4, -0.2) is 27.8 Å². The van der Waals surface area contributed by atoms with Crippen LogP contribution < -0.4 is 0 Å². The molecule has 17 heavy (non-hydrogen) atoms. The van der Waals surface area contributed by atoms with E-state index < -0.39 is 0 Å². The average Bonchev–Trinajstić information content (AvgIpc) is 2.71. The van der Waals surface area contributed by atoms with E-state index in [0.717, 1.165) is 11.8 Å². The van der Waals surface area contributed by atoms with Crippen molar-refractivity contribution in [3.05, 3.63) is 18.0 Å². The monoisotopic (exact) mass is 233 g/mol. The minimum absolute atomic E-state index is 0.0884. The third-order valence-electron chi connectivity index (χ3n) is 4.33. The number of rotatable bonds is 2. The van der Waals surface area contributed by atoms with Crippen LogP contribution in [0.15, 0.2) is 12.4 Å². The van der Waals surface area contributed by atoms with Crippen molar-refractivity contribution < 1.29 is 0 Å². The lowest BCUT2D eigenvalue weighted by atomic mass is 10.1. The molecule has 0 amide bonds. The van der Waals surface area contributed by atoms with Crippen LogP contribution in [-0.2, 0) is 5.54 Å². The summed E-state index contributed by atoms with van der Waals surface area (Å²) in [5.74, 6) is 2.02. The molecule has 1 saturated heterocycles. The van der Waals surface area contributed by atoms with Crippen LogP contribution in [0.4, 0.5) is 0 Å². The summed E-state index contributed by atoms with van der Waals surface area (Å²) in [6.07, 6.45) is 5.74. The van der Waals surface area contributed by atoms with Gasteiger partial charge in [0.1, 0.15) is 0 Å². The van der Waals surface area contributed by atoms with Crippen LogP contribution >= 0.6 is 0 Å². The van der Waals surface area contributed by atoms with Gasteiger partial charge in [-0.3, -0.25) is 9.58 Å². The second-order valence-corrected chi connectivity index (χ2v) is 6.77. The minimum Gasteiger partial charge on any atom is -0.296 e. The van der Waals surface area contributed by atoms with Crippen LogP contribution in [0.5, 0.6) is 0 Å². The standard InChI is InChI=1S/C14H23N3/c1-10(16-7-11-5-12(11)8-16)13-6-15-17(9-13)14(2,3)4/h6,9-12H,5,7-8H2,1-4H3. The van der Waals surface area contributed by atoms with Crippen molar-refractivity contribution in [3.63, 3.8) is 0 Å². The summed E-state index contributed by atoms with van der Waals surface area (Å²) in [5, 5.41) is 4.50. The molecule has 0 N–H and O–H groups in total. The van der Waals surface area contributed by atoms with Gasteiger partial charge >= 0.3 is 0 Å². The van der Waals surface area contributed by atoms with E-state index in [1.165, 1.54) is 25.1 Å². The zero-order valence-electron chi connectivity index (χ0n) is 11.3. The summed E-state index contributed by atoms with van der Waals surface area (Å²) in [4.78, 5) is 2.61. The Bertz CT molecular complexity index is 405. The van der Waals surface area contributed by atoms with Gasteiger partial charge in [0.25, 0.3) is 0 Å². The zero-order valence-corrected chi connectivity index (χ0v) is 11.3. The maximum atomic E-state index is 4.50. The Morgan fingerprint density at radius 3 is 2.47 bits per heavy atom. The zero-order chi connectivity index (χ0) is 12.2. The number of aromatic nitrogens is 2. The smallest absolute Gasteiger partial charge is 0.0543 e. The maximum absolute atomic E-state index is 4.50. The molecule has 2 aliphatic rings. The van der Waals surface area contributed by atoms with E-state index in [4.69, 9.17) is 0 Å². The first kappa shape index (κ1) is 11.3. The molecule has 94 valence electrons. The fourth-order valence-corrected chi connectivity index (χ4v) is 2.88. The van der Waals surface area contributed by atoms with Crippen molar-refractivity contribution in [3.8, 4) is 0 Å². The minimum atomic E-state index is 0.0884. The maximum Gasteiger partial charge on any atom is 0.0543 e. The van der Waals surface area contributed by atoms with Gasteiger partial charge in [-0.15, -0.1) is 0 Å². The summed E-state index contributed by atoms with van der Waals surface area (Å²) in [5.41, 5.74) is 1.45. The predicted molar refractivity (Wildman–Crippen MR) is 68.8 cm³/mol. The van der Waals surface area contributed by atoms with Crippen LogP contribution in [0.3, 0.4) is 0 Å². The van der Waals surface area contributed by atoms with Crippen LogP contribution in [0, 0.1) is 11.8 Å². The number of hydrogen-bond acceptors (Lipinski definition) is 2. The molecule has 0 radical (unpaired) electrons. The Morgan fingerprint density at radius 1 is 1.29 bits per heavy atom. The highest BCUT2D eigenvalue weighted by atomic mass is 15.3.